The van der Waals surface area contributed by atoms with E-state index in [0.29, 0.717) is 17.5 Å². The Bertz CT molecular complexity index is 2940. The molecule has 0 radical (unpaired) electrons. The van der Waals surface area contributed by atoms with Crippen molar-refractivity contribution < 1.29 is 0 Å². The Morgan fingerprint density at radius 1 is 0.327 bits per heavy atom. The van der Waals surface area contributed by atoms with Gasteiger partial charge >= 0.3 is 0 Å². The second-order valence-electron chi connectivity index (χ2n) is 13.5. The van der Waals surface area contributed by atoms with Gasteiger partial charge in [0.15, 0.2) is 17.5 Å². The third-order valence-corrected chi connectivity index (χ3v) is 10.1. The lowest BCUT2D eigenvalue weighted by atomic mass is 9.91. The zero-order valence-electron chi connectivity index (χ0n) is 29.8. The highest BCUT2D eigenvalue weighted by atomic mass is 15.2. The van der Waals surface area contributed by atoms with Crippen LogP contribution in [0.4, 0.5) is 0 Å². The van der Waals surface area contributed by atoms with Crippen LogP contribution in [0.15, 0.2) is 200 Å². The van der Waals surface area contributed by atoms with Crippen molar-refractivity contribution in [2.45, 2.75) is 0 Å². The van der Waals surface area contributed by atoms with E-state index in [4.69, 9.17) is 20.1 Å². The van der Waals surface area contributed by atoms with Gasteiger partial charge < -0.3 is 0 Å². The summed E-state index contributed by atoms with van der Waals surface area (Å²) in [5.74, 6) is 1.85. The lowest BCUT2D eigenvalue weighted by molar-refractivity contribution is 0.976. The molecule has 5 heteroatoms. The second-order valence-corrected chi connectivity index (χ2v) is 13.5. The Morgan fingerprint density at radius 2 is 0.764 bits per heavy atom. The molecule has 0 bridgehead atoms. The van der Waals surface area contributed by atoms with Gasteiger partial charge in [0.05, 0.1) is 17.4 Å². The molecule has 3 heterocycles. The van der Waals surface area contributed by atoms with Crippen LogP contribution >= 0.6 is 0 Å². The SMILES string of the molecule is c1ccc(-c2ccc(-c3nc(-c4ccccc4)nc(-c4cccc(-c5c(-c6ccccc6)n6ncc(-c7ccccc7)c6c6ccccc56)c4)n3)cc2)cc1. The van der Waals surface area contributed by atoms with Crippen molar-refractivity contribution in [2.75, 3.05) is 0 Å². The molecule has 0 amide bonds. The first-order valence-corrected chi connectivity index (χ1v) is 18.4. The van der Waals surface area contributed by atoms with Gasteiger partial charge in [0.2, 0.25) is 0 Å². The van der Waals surface area contributed by atoms with E-state index < -0.39 is 0 Å². The number of benzene rings is 7. The van der Waals surface area contributed by atoms with E-state index >= 15 is 0 Å². The van der Waals surface area contributed by atoms with Crippen molar-refractivity contribution in [3.05, 3.63) is 200 Å². The van der Waals surface area contributed by atoms with E-state index in [9.17, 15) is 0 Å². The number of hydrogen-bond donors (Lipinski definition) is 0. The van der Waals surface area contributed by atoms with Gasteiger partial charge in [-0.05, 0) is 33.7 Å². The van der Waals surface area contributed by atoms with Crippen LogP contribution in [0.25, 0.3) is 95.1 Å². The summed E-state index contributed by atoms with van der Waals surface area (Å²) < 4.78 is 2.12. The molecule has 0 aliphatic carbocycles. The maximum Gasteiger partial charge on any atom is 0.164 e. The van der Waals surface area contributed by atoms with E-state index in [0.717, 1.165) is 72.1 Å². The van der Waals surface area contributed by atoms with Crippen molar-refractivity contribution in [1.29, 1.82) is 0 Å². The summed E-state index contributed by atoms with van der Waals surface area (Å²) in [6.45, 7) is 0. The second kappa shape index (κ2) is 13.8. The molecule has 0 saturated heterocycles. The van der Waals surface area contributed by atoms with Gasteiger partial charge in [-0.15, -0.1) is 0 Å². The molecule has 55 heavy (non-hydrogen) atoms. The molecule has 0 unspecified atom stereocenters. The molecule has 5 nitrogen and oxygen atoms in total. The third-order valence-electron chi connectivity index (χ3n) is 10.1. The molecule has 0 aliphatic heterocycles. The molecule has 0 aliphatic rings. The van der Waals surface area contributed by atoms with Crippen LogP contribution in [0.2, 0.25) is 0 Å². The van der Waals surface area contributed by atoms with Crippen LogP contribution in [0, 0.1) is 0 Å². The maximum atomic E-state index is 5.13. The fourth-order valence-electron chi connectivity index (χ4n) is 7.51. The van der Waals surface area contributed by atoms with Crippen molar-refractivity contribution in [3.63, 3.8) is 0 Å². The normalized spacial score (nSPS) is 11.3. The summed E-state index contributed by atoms with van der Waals surface area (Å²) in [6, 6.07) is 67.2. The van der Waals surface area contributed by atoms with E-state index in [1.807, 2.05) is 48.7 Å². The summed E-state index contributed by atoms with van der Waals surface area (Å²) >= 11 is 0. The zero-order valence-corrected chi connectivity index (χ0v) is 29.8. The number of hydrogen-bond acceptors (Lipinski definition) is 4. The molecule has 7 aromatic carbocycles. The van der Waals surface area contributed by atoms with E-state index in [1.54, 1.807) is 0 Å². The fraction of sp³-hybridized carbons (Fsp3) is 0. The van der Waals surface area contributed by atoms with Crippen LogP contribution < -0.4 is 0 Å². The van der Waals surface area contributed by atoms with Gasteiger partial charge in [-0.2, -0.15) is 5.10 Å². The minimum absolute atomic E-state index is 0.606. The number of fused-ring (bicyclic) bond motifs is 3. The largest absolute Gasteiger partial charge is 0.231 e. The standard InChI is InChI=1S/C50H33N5/c1-5-16-34(17-6-1)35-28-30-39(31-29-35)49-52-48(38-22-11-4-12-23-38)53-50(54-49)41-25-15-24-40(32-41)45-42-26-13-14-27-43(42)47-44(36-18-7-2-8-19-36)33-51-55(47)46(45)37-20-9-3-10-21-37/h1-33H. The molecule has 10 rings (SSSR count). The highest BCUT2D eigenvalue weighted by Gasteiger charge is 2.22. The summed E-state index contributed by atoms with van der Waals surface area (Å²) in [7, 11) is 0. The Morgan fingerprint density at radius 3 is 1.40 bits per heavy atom. The molecular formula is C50H33N5. The first-order valence-electron chi connectivity index (χ1n) is 18.4. The minimum Gasteiger partial charge on any atom is -0.231 e. The van der Waals surface area contributed by atoms with E-state index in [-0.39, 0.29) is 0 Å². The van der Waals surface area contributed by atoms with Crippen LogP contribution in [0.5, 0.6) is 0 Å². The van der Waals surface area contributed by atoms with Gasteiger partial charge in [-0.3, -0.25) is 0 Å². The number of rotatable bonds is 7. The summed E-state index contributed by atoms with van der Waals surface area (Å²) in [5, 5.41) is 7.36. The van der Waals surface area contributed by atoms with Crippen LogP contribution in [-0.4, -0.2) is 24.6 Å². The van der Waals surface area contributed by atoms with E-state index in [2.05, 4.69) is 156 Å². The molecule has 10 aromatic rings. The third kappa shape index (κ3) is 5.94. The lowest BCUT2D eigenvalue weighted by Crippen LogP contribution is -2.01. The molecular weight excluding hydrogens is 671 g/mol. The molecule has 0 saturated carbocycles. The van der Waals surface area contributed by atoms with Crippen molar-refractivity contribution in [1.82, 2.24) is 24.6 Å². The van der Waals surface area contributed by atoms with Gasteiger partial charge in [-0.25, -0.2) is 19.5 Å². The average molecular weight is 704 g/mol. The minimum atomic E-state index is 0.606. The first-order chi connectivity index (χ1) is 27.3. The smallest absolute Gasteiger partial charge is 0.164 e. The molecule has 0 fully saturated rings. The van der Waals surface area contributed by atoms with Crippen molar-refractivity contribution in [3.8, 4) is 78.8 Å². The van der Waals surface area contributed by atoms with Crippen molar-refractivity contribution in [2.24, 2.45) is 0 Å². The number of pyridine rings is 1. The molecule has 0 atom stereocenters. The Labute approximate surface area is 318 Å². The number of nitrogens with zero attached hydrogens (tertiary/aromatic N) is 5. The Balaban J connectivity index is 1.18. The van der Waals surface area contributed by atoms with Gasteiger partial charge in [-0.1, -0.05) is 188 Å². The lowest BCUT2D eigenvalue weighted by Gasteiger charge is -2.18. The summed E-state index contributed by atoms with van der Waals surface area (Å²) in [5.41, 5.74) is 12.6. The van der Waals surface area contributed by atoms with Crippen LogP contribution in [0.1, 0.15) is 0 Å². The highest BCUT2D eigenvalue weighted by Crippen LogP contribution is 2.43. The van der Waals surface area contributed by atoms with Crippen molar-refractivity contribution >= 4 is 16.3 Å². The van der Waals surface area contributed by atoms with Gasteiger partial charge in [0, 0.05) is 38.8 Å². The first kappa shape index (κ1) is 32.2. The van der Waals surface area contributed by atoms with E-state index in [1.165, 1.54) is 5.56 Å². The predicted octanol–water partition coefficient (Wildman–Crippen LogP) is 12.3. The quantitative estimate of drug-likeness (QED) is 0.166. The Hall–Kier alpha value is -7.50. The average Bonchev–Trinajstić information content (AvgIpc) is 3.72. The highest BCUT2D eigenvalue weighted by molar-refractivity contribution is 6.13. The maximum absolute atomic E-state index is 5.13. The summed E-state index contributed by atoms with van der Waals surface area (Å²) in [4.78, 5) is 15.2. The molecule has 0 N–H and O–H groups in total. The fourth-order valence-corrected chi connectivity index (χ4v) is 7.51. The molecule has 0 spiro atoms. The van der Waals surface area contributed by atoms with Crippen LogP contribution in [0.3, 0.4) is 0 Å². The summed E-state index contributed by atoms with van der Waals surface area (Å²) in [6.07, 6.45) is 1.99. The number of aromatic nitrogens is 5. The zero-order chi connectivity index (χ0) is 36.6. The van der Waals surface area contributed by atoms with Crippen LogP contribution in [-0.2, 0) is 0 Å². The molecule has 258 valence electrons. The van der Waals surface area contributed by atoms with Gasteiger partial charge in [0.1, 0.15) is 0 Å². The monoisotopic (exact) mass is 703 g/mol. The Kier molecular flexibility index (Phi) is 8.08. The topological polar surface area (TPSA) is 56.0 Å². The molecule has 3 aromatic heterocycles. The predicted molar refractivity (Wildman–Crippen MR) is 224 cm³/mol. The van der Waals surface area contributed by atoms with Gasteiger partial charge in [0.25, 0.3) is 0 Å².